The standard InChI is InChI=1S/C18H17N3O/c22-18(12-8-10-19-11-9-12)21-16-7-3-5-14-13-4-1-2-6-15(13)20-17(14)16/h1-2,4,6,8-11,16,20H,3,5,7H2,(H,21,22)/t16-/m1/s1. The molecule has 0 saturated heterocycles. The first-order valence-electron chi connectivity index (χ1n) is 7.63. The van der Waals surface area contributed by atoms with Gasteiger partial charge in [-0.15, -0.1) is 0 Å². The van der Waals surface area contributed by atoms with Crippen molar-refractivity contribution >= 4 is 16.8 Å². The highest BCUT2D eigenvalue weighted by atomic mass is 16.1. The van der Waals surface area contributed by atoms with Gasteiger partial charge >= 0.3 is 0 Å². The zero-order valence-electron chi connectivity index (χ0n) is 12.2. The van der Waals surface area contributed by atoms with E-state index in [0.717, 1.165) is 30.5 Å². The number of carbonyl (C=O) groups is 1. The number of rotatable bonds is 2. The fourth-order valence-electron chi connectivity index (χ4n) is 3.30. The van der Waals surface area contributed by atoms with Crippen LogP contribution in [0.25, 0.3) is 10.9 Å². The highest BCUT2D eigenvalue weighted by molar-refractivity contribution is 5.94. The van der Waals surface area contributed by atoms with Gasteiger partial charge in [-0.1, -0.05) is 18.2 Å². The molecule has 1 aliphatic carbocycles. The number of aromatic nitrogens is 2. The number of aryl methyl sites for hydroxylation is 1. The molecule has 4 heteroatoms. The van der Waals surface area contributed by atoms with Crippen LogP contribution in [0.3, 0.4) is 0 Å². The Morgan fingerprint density at radius 3 is 2.86 bits per heavy atom. The summed E-state index contributed by atoms with van der Waals surface area (Å²) in [6, 6.07) is 11.9. The molecule has 1 aromatic carbocycles. The lowest BCUT2D eigenvalue weighted by Crippen LogP contribution is -2.31. The maximum Gasteiger partial charge on any atom is 0.251 e. The predicted molar refractivity (Wildman–Crippen MR) is 85.7 cm³/mol. The molecule has 2 N–H and O–H groups in total. The van der Waals surface area contributed by atoms with Crippen LogP contribution in [0.5, 0.6) is 0 Å². The van der Waals surface area contributed by atoms with Crippen molar-refractivity contribution in [3.8, 4) is 0 Å². The molecule has 1 amide bonds. The smallest absolute Gasteiger partial charge is 0.251 e. The van der Waals surface area contributed by atoms with Crippen molar-refractivity contribution in [3.63, 3.8) is 0 Å². The van der Waals surface area contributed by atoms with Crippen molar-refractivity contribution < 1.29 is 4.79 Å². The fraction of sp³-hybridized carbons (Fsp3) is 0.222. The maximum atomic E-state index is 12.4. The predicted octanol–water partition coefficient (Wildman–Crippen LogP) is 3.37. The lowest BCUT2D eigenvalue weighted by molar-refractivity contribution is 0.0932. The minimum atomic E-state index is -0.0427. The number of pyridine rings is 1. The summed E-state index contributed by atoms with van der Waals surface area (Å²) in [7, 11) is 0. The number of amides is 1. The Labute approximate surface area is 128 Å². The van der Waals surface area contributed by atoms with Crippen LogP contribution >= 0.6 is 0 Å². The Morgan fingerprint density at radius 2 is 2.00 bits per heavy atom. The first-order valence-corrected chi connectivity index (χ1v) is 7.63. The number of H-pyrrole nitrogens is 1. The highest BCUT2D eigenvalue weighted by Gasteiger charge is 2.25. The van der Waals surface area contributed by atoms with Crippen LogP contribution in [0.1, 0.15) is 40.5 Å². The van der Waals surface area contributed by atoms with Crippen molar-refractivity contribution in [2.75, 3.05) is 0 Å². The fourth-order valence-corrected chi connectivity index (χ4v) is 3.30. The Hall–Kier alpha value is -2.62. The molecule has 0 bridgehead atoms. The number of nitrogens with zero attached hydrogens (tertiary/aromatic N) is 1. The first-order chi connectivity index (χ1) is 10.8. The molecular formula is C18H17N3O. The van der Waals surface area contributed by atoms with E-state index in [1.54, 1.807) is 24.5 Å². The summed E-state index contributed by atoms with van der Waals surface area (Å²) < 4.78 is 0. The van der Waals surface area contributed by atoms with Gasteiger partial charge in [-0.25, -0.2) is 0 Å². The Kier molecular flexibility index (Phi) is 3.15. The molecule has 0 unspecified atom stereocenters. The molecule has 1 aliphatic rings. The zero-order valence-corrected chi connectivity index (χ0v) is 12.2. The second-order valence-corrected chi connectivity index (χ2v) is 5.72. The van der Waals surface area contributed by atoms with E-state index in [0.29, 0.717) is 5.56 Å². The van der Waals surface area contributed by atoms with Gasteiger partial charge < -0.3 is 10.3 Å². The number of para-hydroxylation sites is 1. The molecule has 4 nitrogen and oxygen atoms in total. The summed E-state index contributed by atoms with van der Waals surface area (Å²) in [4.78, 5) is 19.8. The van der Waals surface area contributed by atoms with E-state index in [9.17, 15) is 4.79 Å². The molecule has 0 fully saturated rings. The number of benzene rings is 1. The van der Waals surface area contributed by atoms with Crippen LogP contribution in [0.4, 0.5) is 0 Å². The quantitative estimate of drug-likeness (QED) is 0.760. The number of hydrogen-bond acceptors (Lipinski definition) is 2. The zero-order chi connectivity index (χ0) is 14.9. The van der Waals surface area contributed by atoms with E-state index in [4.69, 9.17) is 0 Å². The molecule has 0 saturated carbocycles. The van der Waals surface area contributed by atoms with E-state index >= 15 is 0 Å². The van der Waals surface area contributed by atoms with Gasteiger partial charge in [-0.3, -0.25) is 9.78 Å². The van der Waals surface area contributed by atoms with Gasteiger partial charge in [0.1, 0.15) is 0 Å². The number of hydrogen-bond donors (Lipinski definition) is 2. The van der Waals surface area contributed by atoms with E-state index < -0.39 is 0 Å². The summed E-state index contributed by atoms with van der Waals surface area (Å²) in [6.45, 7) is 0. The van der Waals surface area contributed by atoms with Crippen molar-refractivity contribution in [2.24, 2.45) is 0 Å². The Balaban J connectivity index is 1.66. The first kappa shape index (κ1) is 13.1. The minimum absolute atomic E-state index is 0.0427. The van der Waals surface area contributed by atoms with Gasteiger partial charge in [-0.05, 0) is 43.0 Å². The van der Waals surface area contributed by atoms with Crippen LogP contribution in [0.2, 0.25) is 0 Å². The minimum Gasteiger partial charge on any atom is -0.356 e. The van der Waals surface area contributed by atoms with Gasteiger partial charge in [-0.2, -0.15) is 0 Å². The summed E-state index contributed by atoms with van der Waals surface area (Å²) in [5, 5.41) is 4.43. The third-order valence-electron chi connectivity index (χ3n) is 4.36. The van der Waals surface area contributed by atoms with E-state index in [2.05, 4.69) is 33.5 Å². The third kappa shape index (κ3) is 2.17. The largest absolute Gasteiger partial charge is 0.356 e. The molecule has 2 aromatic heterocycles. The average Bonchev–Trinajstić information content (AvgIpc) is 2.95. The molecule has 0 spiro atoms. The molecule has 1 atom stereocenters. The number of carbonyl (C=O) groups excluding carboxylic acids is 1. The summed E-state index contributed by atoms with van der Waals surface area (Å²) >= 11 is 0. The second-order valence-electron chi connectivity index (χ2n) is 5.72. The van der Waals surface area contributed by atoms with Crippen LogP contribution in [0, 0.1) is 0 Å². The third-order valence-corrected chi connectivity index (χ3v) is 4.36. The highest BCUT2D eigenvalue weighted by Crippen LogP contribution is 2.34. The van der Waals surface area contributed by atoms with Crippen LogP contribution in [0.15, 0.2) is 48.8 Å². The van der Waals surface area contributed by atoms with Crippen molar-refractivity contribution in [1.29, 1.82) is 0 Å². The molecule has 110 valence electrons. The van der Waals surface area contributed by atoms with Gasteiger partial charge in [0.25, 0.3) is 5.91 Å². The Morgan fingerprint density at radius 1 is 1.18 bits per heavy atom. The molecule has 3 aromatic rings. The summed E-state index contributed by atoms with van der Waals surface area (Å²) in [5.41, 5.74) is 4.31. The van der Waals surface area contributed by atoms with Gasteiger partial charge in [0, 0.05) is 34.6 Å². The molecule has 2 heterocycles. The molecule has 0 aliphatic heterocycles. The lowest BCUT2D eigenvalue weighted by Gasteiger charge is -2.23. The summed E-state index contributed by atoms with van der Waals surface area (Å²) in [6.07, 6.45) is 6.42. The molecule has 4 rings (SSSR count). The second kappa shape index (κ2) is 5.30. The number of fused-ring (bicyclic) bond motifs is 3. The van der Waals surface area contributed by atoms with Crippen LogP contribution in [-0.2, 0) is 6.42 Å². The Bertz CT molecular complexity index is 823. The lowest BCUT2D eigenvalue weighted by atomic mass is 9.91. The topological polar surface area (TPSA) is 57.8 Å². The van der Waals surface area contributed by atoms with Crippen molar-refractivity contribution in [3.05, 3.63) is 65.6 Å². The monoisotopic (exact) mass is 291 g/mol. The molecule has 22 heavy (non-hydrogen) atoms. The van der Waals surface area contributed by atoms with Gasteiger partial charge in [0.15, 0.2) is 0 Å². The summed E-state index contributed by atoms with van der Waals surface area (Å²) in [5.74, 6) is -0.0427. The average molecular weight is 291 g/mol. The van der Waals surface area contributed by atoms with E-state index in [1.165, 1.54) is 10.9 Å². The molecule has 0 radical (unpaired) electrons. The van der Waals surface area contributed by atoms with E-state index in [1.807, 2.05) is 6.07 Å². The van der Waals surface area contributed by atoms with Crippen molar-refractivity contribution in [1.82, 2.24) is 15.3 Å². The van der Waals surface area contributed by atoms with Gasteiger partial charge in [0.2, 0.25) is 0 Å². The van der Waals surface area contributed by atoms with Crippen LogP contribution in [-0.4, -0.2) is 15.9 Å². The maximum absolute atomic E-state index is 12.4. The number of nitrogens with one attached hydrogen (secondary N) is 2. The van der Waals surface area contributed by atoms with Crippen LogP contribution < -0.4 is 5.32 Å². The van der Waals surface area contributed by atoms with E-state index in [-0.39, 0.29) is 11.9 Å². The molecular weight excluding hydrogens is 274 g/mol. The SMILES string of the molecule is O=C(N[C@@H]1CCCc2c1[nH]c1ccccc21)c1ccncc1. The van der Waals surface area contributed by atoms with Crippen molar-refractivity contribution in [2.45, 2.75) is 25.3 Å². The normalized spacial score (nSPS) is 17.2. The van der Waals surface area contributed by atoms with Gasteiger partial charge in [0.05, 0.1) is 6.04 Å². The number of aromatic amines is 1.